The normalized spacial score (nSPS) is 15.7. The van der Waals surface area contributed by atoms with Gasteiger partial charge in [-0.15, -0.1) is 0 Å². The van der Waals surface area contributed by atoms with Crippen LogP contribution < -0.4 is 15.4 Å². The van der Waals surface area contributed by atoms with Gasteiger partial charge in [0, 0.05) is 29.9 Å². The Balaban J connectivity index is 1.87. The summed E-state index contributed by atoms with van der Waals surface area (Å²) in [5, 5.41) is 6.17. The molecule has 0 spiro atoms. The molecule has 0 aliphatic carbocycles. The van der Waals surface area contributed by atoms with Crippen LogP contribution in [0.3, 0.4) is 0 Å². The van der Waals surface area contributed by atoms with E-state index in [1.54, 1.807) is 31.2 Å². The predicted molar refractivity (Wildman–Crippen MR) is 115 cm³/mol. The third-order valence-electron chi connectivity index (χ3n) is 4.18. The van der Waals surface area contributed by atoms with Crippen molar-refractivity contribution < 1.29 is 19.1 Å². The lowest BCUT2D eigenvalue weighted by molar-refractivity contribution is -0.144. The quantitative estimate of drug-likeness (QED) is 0.463. The molecule has 1 amide bonds. The summed E-state index contributed by atoms with van der Waals surface area (Å²) in [6.45, 7) is 8.20. The van der Waals surface area contributed by atoms with E-state index in [1.807, 2.05) is 24.3 Å². The zero-order chi connectivity index (χ0) is 21.1. The molecule has 6 heteroatoms. The highest BCUT2D eigenvalue weighted by atomic mass is 16.5. The van der Waals surface area contributed by atoms with Crippen LogP contribution in [0.25, 0.3) is 0 Å². The number of rotatable bonds is 10. The van der Waals surface area contributed by atoms with Gasteiger partial charge in [-0.3, -0.25) is 9.59 Å². The molecule has 1 aliphatic rings. The molecule has 0 aromatic heterocycles. The molecule has 1 aliphatic heterocycles. The molecule has 29 heavy (non-hydrogen) atoms. The van der Waals surface area contributed by atoms with Gasteiger partial charge in [0.1, 0.15) is 12.4 Å². The molecule has 0 saturated heterocycles. The van der Waals surface area contributed by atoms with Crippen LogP contribution in [0.2, 0.25) is 0 Å². The van der Waals surface area contributed by atoms with Crippen molar-refractivity contribution in [2.45, 2.75) is 32.7 Å². The van der Waals surface area contributed by atoms with Crippen molar-refractivity contribution in [3.05, 3.63) is 72.5 Å². The van der Waals surface area contributed by atoms with Crippen LogP contribution in [-0.2, 0) is 14.3 Å². The Bertz CT molecular complexity index is 824. The largest absolute Gasteiger partial charge is 0.487 e. The zero-order valence-corrected chi connectivity index (χ0v) is 16.9. The second kappa shape index (κ2) is 11.5. The van der Waals surface area contributed by atoms with Crippen LogP contribution >= 0.6 is 0 Å². The van der Waals surface area contributed by atoms with Gasteiger partial charge in [0.15, 0.2) is 0 Å². The number of allylic oxidation sites excluding steroid dienone is 4. The summed E-state index contributed by atoms with van der Waals surface area (Å²) >= 11 is 0. The van der Waals surface area contributed by atoms with E-state index in [1.165, 1.54) is 5.57 Å². The van der Waals surface area contributed by atoms with Gasteiger partial charge >= 0.3 is 5.97 Å². The van der Waals surface area contributed by atoms with Crippen LogP contribution in [0.15, 0.2) is 72.5 Å². The third-order valence-corrected chi connectivity index (χ3v) is 4.18. The third kappa shape index (κ3) is 7.70. The number of amides is 1. The molecule has 0 bridgehead atoms. The van der Waals surface area contributed by atoms with E-state index in [9.17, 15) is 9.59 Å². The summed E-state index contributed by atoms with van der Waals surface area (Å²) in [7, 11) is 0. The van der Waals surface area contributed by atoms with E-state index < -0.39 is 0 Å². The number of esters is 1. The van der Waals surface area contributed by atoms with Crippen molar-refractivity contribution in [1.82, 2.24) is 5.32 Å². The number of benzene rings is 1. The minimum absolute atomic E-state index is 0.0609. The van der Waals surface area contributed by atoms with Crippen LogP contribution in [0.1, 0.15) is 26.7 Å². The molecule has 2 rings (SSSR count). The Morgan fingerprint density at radius 1 is 1.28 bits per heavy atom. The van der Waals surface area contributed by atoms with Gasteiger partial charge in [-0.05, 0) is 37.6 Å². The summed E-state index contributed by atoms with van der Waals surface area (Å²) in [4.78, 5) is 23.3. The fourth-order valence-corrected chi connectivity index (χ4v) is 2.72. The SMILES string of the molecule is C=C/C=C\C1=CC=C(COc2cccc(NC(=O)CCC(=O)OCC)c2)NC1C. The molecule has 0 fully saturated rings. The van der Waals surface area contributed by atoms with E-state index in [0.29, 0.717) is 24.7 Å². The molecule has 6 nitrogen and oxygen atoms in total. The van der Waals surface area contributed by atoms with E-state index in [4.69, 9.17) is 9.47 Å². The molecule has 1 atom stereocenters. The predicted octanol–water partition coefficient (Wildman–Crippen LogP) is 3.89. The van der Waals surface area contributed by atoms with Crippen LogP contribution in [-0.4, -0.2) is 31.1 Å². The van der Waals surface area contributed by atoms with Gasteiger partial charge in [0.25, 0.3) is 0 Å². The number of hydrogen-bond acceptors (Lipinski definition) is 5. The number of anilines is 1. The van der Waals surface area contributed by atoms with Gasteiger partial charge in [-0.25, -0.2) is 0 Å². The molecule has 1 aromatic rings. The maximum Gasteiger partial charge on any atom is 0.306 e. The number of carbonyl (C=O) groups is 2. The lowest BCUT2D eigenvalue weighted by Crippen LogP contribution is -2.31. The minimum atomic E-state index is -0.376. The van der Waals surface area contributed by atoms with Crippen molar-refractivity contribution in [2.24, 2.45) is 0 Å². The second-order valence-electron chi connectivity index (χ2n) is 6.49. The number of carbonyl (C=O) groups excluding carboxylic acids is 2. The van der Waals surface area contributed by atoms with E-state index in [2.05, 4.69) is 30.2 Å². The van der Waals surface area contributed by atoms with Gasteiger partial charge in [-0.1, -0.05) is 36.9 Å². The Kier molecular flexibility index (Phi) is 8.76. The maximum absolute atomic E-state index is 12.0. The molecule has 2 N–H and O–H groups in total. The van der Waals surface area contributed by atoms with Crippen molar-refractivity contribution in [2.75, 3.05) is 18.5 Å². The van der Waals surface area contributed by atoms with Gasteiger partial charge < -0.3 is 20.1 Å². The molecule has 1 heterocycles. The average molecular weight is 396 g/mol. The summed E-state index contributed by atoms with van der Waals surface area (Å²) in [5.74, 6) is 0.0233. The van der Waals surface area contributed by atoms with Crippen molar-refractivity contribution >= 4 is 17.6 Å². The lowest BCUT2D eigenvalue weighted by Gasteiger charge is -2.23. The molecule has 1 unspecified atom stereocenters. The lowest BCUT2D eigenvalue weighted by atomic mass is 10.0. The highest BCUT2D eigenvalue weighted by Gasteiger charge is 2.12. The smallest absolute Gasteiger partial charge is 0.306 e. The van der Waals surface area contributed by atoms with Crippen molar-refractivity contribution in [3.8, 4) is 5.75 Å². The minimum Gasteiger partial charge on any atom is -0.487 e. The number of dihydropyridines is 1. The highest BCUT2D eigenvalue weighted by Crippen LogP contribution is 2.19. The maximum atomic E-state index is 12.0. The standard InChI is InChI=1S/C23H28N2O4/c1-4-6-8-18-11-12-20(24-17(18)3)16-29-21-10-7-9-19(15-21)25-22(26)13-14-23(27)28-5-2/h4,6-12,15,17,24H,1,5,13-14,16H2,2-3H3,(H,25,26)/b8-6-. The topological polar surface area (TPSA) is 76.7 Å². The van der Waals surface area contributed by atoms with Crippen molar-refractivity contribution in [3.63, 3.8) is 0 Å². The Labute approximate surface area is 172 Å². The first-order valence-electron chi connectivity index (χ1n) is 9.66. The van der Waals surface area contributed by atoms with E-state index >= 15 is 0 Å². The zero-order valence-electron chi connectivity index (χ0n) is 16.9. The number of hydrogen-bond donors (Lipinski definition) is 2. The van der Waals surface area contributed by atoms with Crippen molar-refractivity contribution in [1.29, 1.82) is 0 Å². The Hall–Kier alpha value is -3.28. The number of ether oxygens (including phenoxy) is 2. The molecule has 154 valence electrons. The van der Waals surface area contributed by atoms with Crippen LogP contribution in [0, 0.1) is 0 Å². The van der Waals surface area contributed by atoms with Crippen LogP contribution in [0.5, 0.6) is 5.75 Å². The number of nitrogens with one attached hydrogen (secondary N) is 2. The summed E-state index contributed by atoms with van der Waals surface area (Å²) in [6.07, 6.45) is 9.86. The van der Waals surface area contributed by atoms with Gasteiger partial charge in [-0.2, -0.15) is 0 Å². The van der Waals surface area contributed by atoms with Gasteiger partial charge in [0.05, 0.1) is 13.0 Å². The average Bonchev–Trinajstić information content (AvgIpc) is 2.70. The Morgan fingerprint density at radius 2 is 2.10 bits per heavy atom. The molecule has 0 saturated carbocycles. The fraction of sp³-hybridized carbons (Fsp3) is 0.304. The van der Waals surface area contributed by atoms with E-state index in [-0.39, 0.29) is 30.8 Å². The second-order valence-corrected chi connectivity index (χ2v) is 6.49. The molecular weight excluding hydrogens is 368 g/mol. The first kappa shape index (κ1) is 22.0. The molecule has 0 radical (unpaired) electrons. The first-order chi connectivity index (χ1) is 14.0. The van der Waals surface area contributed by atoms with Crippen LogP contribution in [0.4, 0.5) is 5.69 Å². The monoisotopic (exact) mass is 396 g/mol. The summed E-state index contributed by atoms with van der Waals surface area (Å²) in [6, 6.07) is 7.34. The van der Waals surface area contributed by atoms with Gasteiger partial charge in [0.2, 0.25) is 5.91 Å². The fourth-order valence-electron chi connectivity index (χ4n) is 2.72. The Morgan fingerprint density at radius 3 is 2.83 bits per heavy atom. The summed E-state index contributed by atoms with van der Waals surface area (Å²) in [5.41, 5.74) is 2.75. The summed E-state index contributed by atoms with van der Waals surface area (Å²) < 4.78 is 10.7. The van der Waals surface area contributed by atoms with E-state index in [0.717, 1.165) is 5.70 Å². The first-order valence-corrected chi connectivity index (χ1v) is 9.66. The highest BCUT2D eigenvalue weighted by molar-refractivity contribution is 5.92. The molecular formula is C23H28N2O4. The molecule has 1 aromatic carbocycles.